The first-order valence-corrected chi connectivity index (χ1v) is 5.34. The maximum Gasteiger partial charge on any atom is 0.115 e. The van der Waals surface area contributed by atoms with Crippen LogP contribution in [0, 0.1) is 0 Å². The lowest BCUT2D eigenvalue weighted by atomic mass is 9.91. The Morgan fingerprint density at radius 2 is 2.13 bits per heavy atom. The summed E-state index contributed by atoms with van der Waals surface area (Å²) in [5.74, 6) is 0.304. The molecular formula is C12H17NO2. The minimum absolute atomic E-state index is 0.304. The summed E-state index contributed by atoms with van der Waals surface area (Å²) >= 11 is 0. The van der Waals surface area contributed by atoms with Crippen molar-refractivity contribution < 1.29 is 10.2 Å². The number of aromatic hydroxyl groups is 1. The summed E-state index contributed by atoms with van der Waals surface area (Å²) in [5.41, 5.74) is 0.616. The van der Waals surface area contributed by atoms with Crippen LogP contribution < -0.4 is 0 Å². The highest BCUT2D eigenvalue weighted by molar-refractivity contribution is 5.27. The molecule has 3 heteroatoms. The van der Waals surface area contributed by atoms with E-state index < -0.39 is 5.60 Å². The highest BCUT2D eigenvalue weighted by Gasteiger charge is 2.38. The van der Waals surface area contributed by atoms with Crippen LogP contribution in [0.15, 0.2) is 24.3 Å². The first kappa shape index (κ1) is 10.5. The molecule has 1 aliphatic rings. The summed E-state index contributed by atoms with van der Waals surface area (Å²) in [6, 6.07) is 7.27. The molecule has 0 bridgehead atoms. The fourth-order valence-corrected chi connectivity index (χ4v) is 2.03. The first-order valence-electron chi connectivity index (χ1n) is 5.34. The first-order chi connectivity index (χ1) is 7.11. The van der Waals surface area contributed by atoms with Crippen molar-refractivity contribution in [1.82, 2.24) is 4.90 Å². The van der Waals surface area contributed by atoms with Gasteiger partial charge >= 0.3 is 0 Å². The number of phenolic OH excluding ortho intramolecular Hbond substituents is 1. The van der Waals surface area contributed by atoms with E-state index in [1.807, 2.05) is 19.1 Å². The summed E-state index contributed by atoms with van der Waals surface area (Å²) in [7, 11) is 0. The van der Waals surface area contributed by atoms with Gasteiger partial charge in [0, 0.05) is 19.6 Å². The minimum Gasteiger partial charge on any atom is -0.508 e. The van der Waals surface area contributed by atoms with Crippen LogP contribution in [0.4, 0.5) is 0 Å². The lowest BCUT2D eigenvalue weighted by Crippen LogP contribution is -2.60. The van der Waals surface area contributed by atoms with Crippen molar-refractivity contribution >= 4 is 0 Å². The maximum absolute atomic E-state index is 9.83. The molecule has 0 unspecified atom stereocenters. The van der Waals surface area contributed by atoms with E-state index in [-0.39, 0.29) is 0 Å². The van der Waals surface area contributed by atoms with Gasteiger partial charge in [-0.3, -0.25) is 4.90 Å². The molecule has 0 spiro atoms. The molecule has 1 aromatic rings. The van der Waals surface area contributed by atoms with Gasteiger partial charge < -0.3 is 10.2 Å². The number of likely N-dealkylation sites (tertiary alicyclic amines) is 1. The topological polar surface area (TPSA) is 43.7 Å². The smallest absolute Gasteiger partial charge is 0.115 e. The molecule has 1 heterocycles. The molecule has 3 nitrogen and oxygen atoms in total. The van der Waals surface area contributed by atoms with E-state index in [1.54, 1.807) is 12.1 Å². The van der Waals surface area contributed by atoms with E-state index in [1.165, 1.54) is 0 Å². The monoisotopic (exact) mass is 207 g/mol. The minimum atomic E-state index is -0.475. The molecule has 82 valence electrons. The van der Waals surface area contributed by atoms with Crippen molar-refractivity contribution in [1.29, 1.82) is 0 Å². The van der Waals surface area contributed by atoms with E-state index in [0.29, 0.717) is 5.75 Å². The molecular weight excluding hydrogens is 190 g/mol. The third-order valence-electron chi connectivity index (χ3n) is 3.01. The van der Waals surface area contributed by atoms with Crippen molar-refractivity contribution in [3.63, 3.8) is 0 Å². The van der Waals surface area contributed by atoms with E-state index >= 15 is 0 Å². The Labute approximate surface area is 90.0 Å². The van der Waals surface area contributed by atoms with Crippen LogP contribution in [-0.4, -0.2) is 33.8 Å². The summed E-state index contributed by atoms with van der Waals surface area (Å²) in [4.78, 5) is 2.18. The molecule has 2 N–H and O–H groups in total. The molecule has 1 aromatic carbocycles. The Hall–Kier alpha value is -1.06. The van der Waals surface area contributed by atoms with Gasteiger partial charge in [0.15, 0.2) is 0 Å². The SMILES string of the molecule is CCC1(O)CN(Cc2cccc(O)c2)C1. The summed E-state index contributed by atoms with van der Waals surface area (Å²) in [5, 5.41) is 19.1. The zero-order valence-electron chi connectivity index (χ0n) is 8.98. The third kappa shape index (κ3) is 2.30. The lowest BCUT2D eigenvalue weighted by Gasteiger charge is -2.46. The average Bonchev–Trinajstić information content (AvgIpc) is 2.15. The van der Waals surface area contributed by atoms with Gasteiger partial charge in [0.05, 0.1) is 5.60 Å². The van der Waals surface area contributed by atoms with Crippen LogP contribution in [-0.2, 0) is 6.54 Å². The standard InChI is InChI=1S/C12H17NO2/c1-2-12(15)8-13(9-12)7-10-4-3-5-11(14)6-10/h3-6,14-15H,2,7-9H2,1H3. The Kier molecular flexibility index (Phi) is 2.67. The fraction of sp³-hybridized carbons (Fsp3) is 0.500. The predicted molar refractivity (Wildman–Crippen MR) is 58.6 cm³/mol. The molecule has 1 aliphatic heterocycles. The summed E-state index contributed by atoms with van der Waals surface area (Å²) < 4.78 is 0. The molecule has 2 rings (SSSR count). The predicted octanol–water partition coefficient (Wildman–Crippen LogP) is 1.35. The number of hydrogen-bond acceptors (Lipinski definition) is 3. The second kappa shape index (κ2) is 3.83. The lowest BCUT2D eigenvalue weighted by molar-refractivity contribution is -0.103. The van der Waals surface area contributed by atoms with Gasteiger partial charge in [0.25, 0.3) is 0 Å². The summed E-state index contributed by atoms with van der Waals surface area (Å²) in [6.07, 6.45) is 0.809. The van der Waals surface area contributed by atoms with Gasteiger partial charge in [0.2, 0.25) is 0 Å². The highest BCUT2D eigenvalue weighted by Crippen LogP contribution is 2.26. The van der Waals surface area contributed by atoms with Crippen LogP contribution in [0.1, 0.15) is 18.9 Å². The van der Waals surface area contributed by atoms with E-state index in [0.717, 1.165) is 31.6 Å². The van der Waals surface area contributed by atoms with Gasteiger partial charge in [0.1, 0.15) is 5.75 Å². The number of benzene rings is 1. The average molecular weight is 207 g/mol. The molecule has 0 amide bonds. The molecule has 15 heavy (non-hydrogen) atoms. The van der Waals surface area contributed by atoms with Crippen LogP contribution >= 0.6 is 0 Å². The van der Waals surface area contributed by atoms with Crippen molar-refractivity contribution in [3.05, 3.63) is 29.8 Å². The number of nitrogens with zero attached hydrogens (tertiary/aromatic N) is 1. The van der Waals surface area contributed by atoms with Crippen molar-refractivity contribution in [2.24, 2.45) is 0 Å². The van der Waals surface area contributed by atoms with Gasteiger partial charge in [-0.05, 0) is 24.1 Å². The van der Waals surface area contributed by atoms with Crippen molar-refractivity contribution in [3.8, 4) is 5.75 Å². The Morgan fingerprint density at radius 1 is 1.40 bits per heavy atom. The second-order valence-electron chi connectivity index (χ2n) is 4.39. The van der Waals surface area contributed by atoms with Gasteiger partial charge in [-0.2, -0.15) is 0 Å². The highest BCUT2D eigenvalue weighted by atomic mass is 16.3. The van der Waals surface area contributed by atoms with Crippen LogP contribution in [0.5, 0.6) is 5.75 Å². The number of β-amino-alcohol motifs (C(OH)–C–C–N with tert-alkyl or cyclic N) is 1. The number of phenols is 1. The van der Waals surface area contributed by atoms with E-state index in [4.69, 9.17) is 0 Å². The Bertz CT molecular complexity index is 345. The number of rotatable bonds is 3. The second-order valence-corrected chi connectivity index (χ2v) is 4.39. The fourth-order valence-electron chi connectivity index (χ4n) is 2.03. The molecule has 1 fully saturated rings. The zero-order chi connectivity index (χ0) is 10.9. The largest absolute Gasteiger partial charge is 0.508 e. The Morgan fingerprint density at radius 3 is 2.73 bits per heavy atom. The van der Waals surface area contributed by atoms with E-state index in [2.05, 4.69) is 4.90 Å². The van der Waals surface area contributed by atoms with Crippen LogP contribution in [0.3, 0.4) is 0 Å². The third-order valence-corrected chi connectivity index (χ3v) is 3.01. The van der Waals surface area contributed by atoms with Gasteiger partial charge in [-0.1, -0.05) is 19.1 Å². The van der Waals surface area contributed by atoms with Crippen molar-refractivity contribution in [2.75, 3.05) is 13.1 Å². The van der Waals surface area contributed by atoms with Crippen LogP contribution in [0.25, 0.3) is 0 Å². The van der Waals surface area contributed by atoms with Gasteiger partial charge in [-0.15, -0.1) is 0 Å². The molecule has 0 aliphatic carbocycles. The molecule has 0 aromatic heterocycles. The summed E-state index contributed by atoms with van der Waals surface area (Å²) in [6.45, 7) is 4.28. The van der Waals surface area contributed by atoms with Crippen molar-refractivity contribution in [2.45, 2.75) is 25.5 Å². The normalized spacial score (nSPS) is 19.9. The molecule has 1 saturated heterocycles. The molecule has 0 radical (unpaired) electrons. The number of hydrogen-bond donors (Lipinski definition) is 2. The molecule has 0 atom stereocenters. The van der Waals surface area contributed by atoms with Gasteiger partial charge in [-0.25, -0.2) is 0 Å². The quantitative estimate of drug-likeness (QED) is 0.786. The zero-order valence-corrected chi connectivity index (χ0v) is 8.98. The van der Waals surface area contributed by atoms with E-state index in [9.17, 15) is 10.2 Å². The van der Waals surface area contributed by atoms with Crippen LogP contribution in [0.2, 0.25) is 0 Å². The number of aliphatic hydroxyl groups is 1. The molecule has 0 saturated carbocycles. The Balaban J connectivity index is 1.90. The maximum atomic E-state index is 9.83.